The van der Waals surface area contributed by atoms with Crippen molar-refractivity contribution in [2.75, 3.05) is 69.1 Å². The Labute approximate surface area is 531 Å². The molecule has 25 nitrogen and oxygen atoms in total. The smallest absolute Gasteiger partial charge is 0.246 e. The van der Waals surface area contributed by atoms with E-state index in [1.165, 1.54) is 82.8 Å². The van der Waals surface area contributed by atoms with Crippen LogP contribution in [0.25, 0.3) is 0 Å². The molecule has 89 heavy (non-hydrogen) atoms. The number of unbranched alkanes of at least 4 members (excludes halogenated alkanes) is 1. The number of amides is 11. The number of aliphatic hydroxyl groups excluding tert-OH is 2. The van der Waals surface area contributed by atoms with Gasteiger partial charge < -0.3 is 70.5 Å². The van der Waals surface area contributed by atoms with Gasteiger partial charge in [-0.3, -0.25) is 52.7 Å². The largest absolute Gasteiger partial charge is 0.396 e. The summed E-state index contributed by atoms with van der Waals surface area (Å²) in [5, 5.41) is 32.5. The zero-order valence-electron chi connectivity index (χ0n) is 58.0. The summed E-state index contributed by atoms with van der Waals surface area (Å²) in [5.41, 5.74) is 0. The Morgan fingerprint density at radius 1 is 0.517 bits per heavy atom. The van der Waals surface area contributed by atoms with Gasteiger partial charge in [0.2, 0.25) is 65.0 Å². The van der Waals surface area contributed by atoms with Crippen molar-refractivity contribution >= 4 is 65.0 Å². The van der Waals surface area contributed by atoms with Gasteiger partial charge in [0.1, 0.15) is 60.4 Å². The van der Waals surface area contributed by atoms with Crippen LogP contribution >= 0.6 is 0 Å². The first kappa shape index (κ1) is 80.8. The Bertz CT molecular complexity index is 2400. The number of hydrogen-bond donors (Lipinski definition) is 6. The predicted molar refractivity (Wildman–Crippen MR) is 341 cm³/mol. The van der Waals surface area contributed by atoms with E-state index in [1.54, 1.807) is 67.5 Å². The second kappa shape index (κ2) is 37.8. The number of carbonyl (C=O) groups is 11. The molecule has 0 saturated carbocycles. The molecule has 0 radical (unpaired) electrons. The Morgan fingerprint density at radius 3 is 1.47 bits per heavy atom. The maximum Gasteiger partial charge on any atom is 0.246 e. The average molecular weight is 1260 g/mol. The summed E-state index contributed by atoms with van der Waals surface area (Å²) in [4.78, 5) is 169. The van der Waals surface area contributed by atoms with E-state index in [4.69, 9.17) is 4.74 Å². The minimum atomic E-state index is -1.64. The lowest BCUT2D eigenvalue weighted by molar-refractivity contribution is -0.157. The van der Waals surface area contributed by atoms with Crippen molar-refractivity contribution in [1.29, 1.82) is 0 Å². The van der Waals surface area contributed by atoms with Crippen molar-refractivity contribution in [2.24, 2.45) is 35.5 Å². The summed E-state index contributed by atoms with van der Waals surface area (Å²) in [7, 11) is 9.73. The number of carbonyl (C=O) groups excluding carboxylic acids is 11. The van der Waals surface area contributed by atoms with E-state index in [2.05, 4.69) is 21.3 Å². The van der Waals surface area contributed by atoms with Crippen molar-refractivity contribution in [3.8, 4) is 0 Å². The maximum absolute atomic E-state index is 15.2. The highest BCUT2D eigenvalue weighted by molar-refractivity contribution is 5.99. The standard InChI is InChI=1S/C64H115N11O14/c1-24-26-29-41(13)54(78)53-58(82)67-45(25-2)60(84)69(17)35-49(77)73(21)52(44(16)89-31-28-27-30-76)57(81)68-50(39(9)10)63(87)70(18)46(32-36(3)4)56(80)65-42(14)55(79)66-43(15)59(83)71(19)47(33-37(5)6)61(85)72(20)48(34-38(7)8)62(86)74(22)51(40(11)12)64(88)75(53)23/h24,26,36-48,50-54,76,78H,25,27-35H2,1-23H3,(H,65,80)(H,66,79)(H,67,82)(H,68,81)/t41-,42+,43-,44-,45+,46+,47+,48+,50+,51+,52+,53+,54-/m1/s1. The second-order valence-corrected chi connectivity index (χ2v) is 26.4. The molecular weight excluding hydrogens is 1150 g/mol. The van der Waals surface area contributed by atoms with Crippen molar-refractivity contribution in [3.63, 3.8) is 0 Å². The van der Waals surface area contributed by atoms with Crippen molar-refractivity contribution < 1.29 is 67.7 Å². The van der Waals surface area contributed by atoms with Crippen LogP contribution in [0.3, 0.4) is 0 Å². The molecule has 1 heterocycles. The van der Waals surface area contributed by atoms with Gasteiger partial charge in [0.15, 0.2) is 0 Å². The fourth-order valence-electron chi connectivity index (χ4n) is 11.0. The van der Waals surface area contributed by atoms with Crippen LogP contribution in [0.2, 0.25) is 0 Å². The lowest BCUT2D eigenvalue weighted by Gasteiger charge is -2.41. The average Bonchev–Trinajstić information content (AvgIpc) is 0.987. The molecule has 0 unspecified atom stereocenters. The predicted octanol–water partition coefficient (Wildman–Crippen LogP) is 2.40. The third-order valence-corrected chi connectivity index (χ3v) is 16.7. The first-order valence-corrected chi connectivity index (χ1v) is 31.8. The highest BCUT2D eigenvalue weighted by Gasteiger charge is 2.46. The molecule has 510 valence electrons. The van der Waals surface area contributed by atoms with Gasteiger partial charge in [0.05, 0.1) is 18.8 Å². The van der Waals surface area contributed by atoms with Gasteiger partial charge in [-0.25, -0.2) is 0 Å². The molecule has 1 rings (SSSR count). The Hall–Kier alpha value is -6.21. The van der Waals surface area contributed by atoms with Crippen LogP contribution in [0.5, 0.6) is 0 Å². The van der Waals surface area contributed by atoms with Gasteiger partial charge in [-0.1, -0.05) is 95.2 Å². The van der Waals surface area contributed by atoms with Crippen molar-refractivity contribution in [2.45, 2.75) is 228 Å². The number of aliphatic hydroxyl groups is 2. The van der Waals surface area contributed by atoms with Crippen molar-refractivity contribution in [1.82, 2.24) is 55.6 Å². The first-order valence-electron chi connectivity index (χ1n) is 31.8. The lowest BCUT2D eigenvalue weighted by atomic mass is 9.91. The van der Waals surface area contributed by atoms with Crippen LogP contribution in [-0.4, -0.2) is 251 Å². The molecule has 0 aromatic rings. The number of nitrogens with one attached hydrogen (secondary N) is 4. The van der Waals surface area contributed by atoms with Crippen LogP contribution in [0.15, 0.2) is 12.2 Å². The molecule has 1 fully saturated rings. The summed E-state index contributed by atoms with van der Waals surface area (Å²) in [6.45, 7) is 26.8. The van der Waals surface area contributed by atoms with Crippen LogP contribution < -0.4 is 21.3 Å². The zero-order valence-corrected chi connectivity index (χ0v) is 58.0. The molecule has 0 aromatic carbocycles. The summed E-state index contributed by atoms with van der Waals surface area (Å²) < 4.78 is 6.06. The number of likely N-dealkylation sites (N-methyl/N-ethyl adjacent to an activating group) is 7. The quantitative estimate of drug-likeness (QED) is 0.0800. The summed E-state index contributed by atoms with van der Waals surface area (Å²) in [5.74, 6) is -10.2. The number of nitrogens with zero attached hydrogens (tertiary/aromatic N) is 7. The van der Waals surface area contributed by atoms with E-state index < -0.39 is 162 Å². The molecule has 1 saturated heterocycles. The van der Waals surface area contributed by atoms with E-state index in [0.29, 0.717) is 19.3 Å². The molecule has 6 N–H and O–H groups in total. The number of allylic oxidation sites excluding steroid dienone is 2. The summed E-state index contributed by atoms with van der Waals surface area (Å²) in [6.07, 6.45) is 2.49. The van der Waals surface area contributed by atoms with E-state index in [-0.39, 0.29) is 56.7 Å². The minimum Gasteiger partial charge on any atom is -0.396 e. The van der Waals surface area contributed by atoms with Crippen molar-refractivity contribution in [3.05, 3.63) is 12.2 Å². The van der Waals surface area contributed by atoms with Crippen LogP contribution in [0.4, 0.5) is 0 Å². The lowest BCUT2D eigenvalue weighted by Crippen LogP contribution is -2.63. The van der Waals surface area contributed by atoms with E-state index in [1.807, 2.05) is 41.5 Å². The topological polar surface area (TPSA) is 308 Å². The molecular formula is C64H115N11O14. The minimum absolute atomic E-state index is 0.0135. The van der Waals surface area contributed by atoms with Crippen LogP contribution in [0.1, 0.15) is 156 Å². The monoisotopic (exact) mass is 1260 g/mol. The van der Waals surface area contributed by atoms with Gasteiger partial charge in [-0.05, 0) is 108 Å². The van der Waals surface area contributed by atoms with Gasteiger partial charge in [0, 0.05) is 62.5 Å². The van der Waals surface area contributed by atoms with Gasteiger partial charge in [0.25, 0.3) is 0 Å². The number of rotatable bonds is 19. The van der Waals surface area contributed by atoms with Gasteiger partial charge in [-0.15, -0.1) is 0 Å². The van der Waals surface area contributed by atoms with Crippen LogP contribution in [0, 0.1) is 35.5 Å². The second-order valence-electron chi connectivity index (χ2n) is 26.4. The van der Waals surface area contributed by atoms with E-state index >= 15 is 9.59 Å². The fraction of sp³-hybridized carbons (Fsp3) is 0.797. The molecule has 1 aliphatic heterocycles. The van der Waals surface area contributed by atoms with Crippen LogP contribution in [-0.2, 0) is 57.5 Å². The number of hydrogen-bond acceptors (Lipinski definition) is 14. The number of ether oxygens (including phenoxy) is 1. The van der Waals surface area contributed by atoms with E-state index in [0.717, 1.165) is 14.7 Å². The van der Waals surface area contributed by atoms with E-state index in [9.17, 15) is 53.4 Å². The Kier molecular flexibility index (Phi) is 34.3. The summed E-state index contributed by atoms with van der Waals surface area (Å²) >= 11 is 0. The fourth-order valence-corrected chi connectivity index (χ4v) is 11.0. The molecule has 1 aliphatic rings. The molecule has 25 heteroatoms. The normalized spacial score (nSPS) is 26.5. The third-order valence-electron chi connectivity index (χ3n) is 16.7. The molecule has 13 atom stereocenters. The molecule has 11 amide bonds. The maximum atomic E-state index is 15.2. The van der Waals surface area contributed by atoms with Gasteiger partial charge in [-0.2, -0.15) is 0 Å². The first-order chi connectivity index (χ1) is 41.3. The highest BCUT2D eigenvalue weighted by atomic mass is 16.5. The third kappa shape index (κ3) is 23.2. The Morgan fingerprint density at radius 2 is 0.989 bits per heavy atom. The molecule has 0 aliphatic carbocycles. The zero-order chi connectivity index (χ0) is 68.8. The van der Waals surface area contributed by atoms with Gasteiger partial charge >= 0.3 is 0 Å². The SMILES string of the molecule is CC=CC[C@@H](C)[C@@H](O)[C@H]1C(=O)N[C@@H](CC)C(=O)N(C)CC(=O)N(C)[C@@H]([C@@H](C)OCCCCO)C(=O)N[C@@H](C(C)C)C(=O)N(C)[C@@H](CC(C)C)C(=O)N[C@@H](C)C(=O)N[C@H](C)C(=O)N(C)[C@@H](CC(C)C)C(=O)N(C)[C@@H](CC(C)C)C(=O)N(C)[C@@H](C(C)C)C(=O)N1C. The summed E-state index contributed by atoms with van der Waals surface area (Å²) in [6, 6.07) is -12.9. The highest BCUT2D eigenvalue weighted by Crippen LogP contribution is 2.26. The molecule has 0 spiro atoms. The Balaban J connectivity index is 4.38. The molecule has 0 aromatic heterocycles. The molecule has 0 bridgehead atoms.